The molecule has 0 atom stereocenters. The van der Waals surface area contributed by atoms with Crippen LogP contribution in [0.4, 0.5) is 0 Å². The van der Waals surface area contributed by atoms with Gasteiger partial charge >= 0.3 is 0 Å². The summed E-state index contributed by atoms with van der Waals surface area (Å²) in [7, 11) is 1.98. The summed E-state index contributed by atoms with van der Waals surface area (Å²) in [4.78, 5) is 2.77. The molecule has 80 valence electrons. The number of rotatable bonds is 3. The van der Waals surface area contributed by atoms with Gasteiger partial charge in [-0.2, -0.15) is 5.10 Å². The number of nitrogens with zero attached hydrogens (tertiary/aromatic N) is 5. The summed E-state index contributed by atoms with van der Waals surface area (Å²) in [6.07, 6.45) is 5.55. The van der Waals surface area contributed by atoms with E-state index in [-0.39, 0.29) is 0 Å². The molecule has 0 saturated heterocycles. The lowest BCUT2D eigenvalue weighted by molar-refractivity contribution is 0.663. The van der Waals surface area contributed by atoms with Crippen LogP contribution < -0.4 is 0 Å². The molecule has 1 aromatic heterocycles. The highest BCUT2D eigenvalue weighted by Crippen LogP contribution is 2.23. The van der Waals surface area contributed by atoms with Crippen LogP contribution in [0.15, 0.2) is 5.11 Å². The minimum absolute atomic E-state index is 0.530. The zero-order chi connectivity index (χ0) is 10.7. The predicted octanol–water partition coefficient (Wildman–Crippen LogP) is 2.15. The zero-order valence-electron chi connectivity index (χ0n) is 8.98. The maximum absolute atomic E-state index is 8.24. The van der Waals surface area contributed by atoms with Crippen molar-refractivity contribution in [3.8, 4) is 0 Å². The Morgan fingerprint density at radius 1 is 1.47 bits per heavy atom. The number of hydrogen-bond donors (Lipinski definition) is 0. The van der Waals surface area contributed by atoms with Gasteiger partial charge in [0, 0.05) is 24.2 Å². The fourth-order valence-electron chi connectivity index (χ4n) is 2.26. The lowest BCUT2D eigenvalue weighted by Gasteiger charge is -2.10. The third-order valence-corrected chi connectivity index (χ3v) is 2.96. The van der Waals surface area contributed by atoms with Crippen molar-refractivity contribution in [2.24, 2.45) is 12.2 Å². The molecule has 1 aliphatic rings. The van der Waals surface area contributed by atoms with Crippen LogP contribution in [0.5, 0.6) is 0 Å². The third-order valence-electron chi connectivity index (χ3n) is 2.96. The molecule has 5 heteroatoms. The van der Waals surface area contributed by atoms with Gasteiger partial charge in [0.1, 0.15) is 0 Å². The average Bonchev–Trinajstić information content (AvgIpc) is 2.56. The first-order chi connectivity index (χ1) is 7.33. The molecule has 0 aliphatic heterocycles. The standard InChI is InChI=1S/C10H15N5/c1-15-10(6-7-12-14-11)8-4-2-3-5-9(8)13-15/h2-7H2,1H3. The van der Waals surface area contributed by atoms with Crippen molar-refractivity contribution in [1.82, 2.24) is 9.78 Å². The van der Waals surface area contributed by atoms with Gasteiger partial charge < -0.3 is 0 Å². The molecule has 0 aromatic carbocycles. The summed E-state index contributed by atoms with van der Waals surface area (Å²) in [5.41, 5.74) is 12.1. The molecule has 0 saturated carbocycles. The molecule has 1 aliphatic carbocycles. The minimum Gasteiger partial charge on any atom is -0.272 e. The van der Waals surface area contributed by atoms with Gasteiger partial charge in [0.2, 0.25) is 0 Å². The molecule has 1 heterocycles. The highest BCUT2D eigenvalue weighted by atomic mass is 15.3. The van der Waals surface area contributed by atoms with Crippen molar-refractivity contribution < 1.29 is 0 Å². The van der Waals surface area contributed by atoms with Gasteiger partial charge in [0.25, 0.3) is 0 Å². The van der Waals surface area contributed by atoms with E-state index < -0.39 is 0 Å². The van der Waals surface area contributed by atoms with E-state index in [4.69, 9.17) is 5.53 Å². The lowest BCUT2D eigenvalue weighted by atomic mass is 9.95. The van der Waals surface area contributed by atoms with Crippen LogP contribution in [-0.4, -0.2) is 16.3 Å². The second-order valence-corrected chi connectivity index (χ2v) is 3.91. The highest BCUT2D eigenvalue weighted by Gasteiger charge is 2.18. The third kappa shape index (κ3) is 1.97. The second kappa shape index (κ2) is 4.36. The average molecular weight is 205 g/mol. The van der Waals surface area contributed by atoms with Crippen LogP contribution in [0.3, 0.4) is 0 Å². The molecule has 0 unspecified atom stereocenters. The number of aryl methyl sites for hydroxylation is 2. The van der Waals surface area contributed by atoms with Crippen molar-refractivity contribution in [2.45, 2.75) is 32.1 Å². The summed E-state index contributed by atoms with van der Waals surface area (Å²) in [5.74, 6) is 0. The molecule has 0 N–H and O–H groups in total. The SMILES string of the molecule is Cn1nc2c(c1CCN=[N+]=[N-])CCCC2. The van der Waals surface area contributed by atoms with Crippen molar-refractivity contribution in [1.29, 1.82) is 0 Å². The van der Waals surface area contributed by atoms with E-state index >= 15 is 0 Å². The van der Waals surface area contributed by atoms with Crippen LogP contribution >= 0.6 is 0 Å². The molecular formula is C10H15N5. The van der Waals surface area contributed by atoms with E-state index in [0.717, 1.165) is 19.3 Å². The van der Waals surface area contributed by atoms with E-state index in [9.17, 15) is 0 Å². The quantitative estimate of drug-likeness (QED) is 0.423. The van der Waals surface area contributed by atoms with Crippen LogP contribution in [0.1, 0.15) is 29.8 Å². The fourth-order valence-corrected chi connectivity index (χ4v) is 2.26. The van der Waals surface area contributed by atoms with E-state index in [1.165, 1.54) is 29.8 Å². The lowest BCUT2D eigenvalue weighted by Crippen LogP contribution is -2.04. The highest BCUT2D eigenvalue weighted by molar-refractivity contribution is 5.28. The summed E-state index contributed by atoms with van der Waals surface area (Å²) in [6, 6.07) is 0. The summed E-state index contributed by atoms with van der Waals surface area (Å²) in [5, 5.41) is 8.09. The van der Waals surface area contributed by atoms with Crippen LogP contribution in [0.25, 0.3) is 10.4 Å². The van der Waals surface area contributed by atoms with Crippen molar-refractivity contribution in [2.75, 3.05) is 6.54 Å². The monoisotopic (exact) mass is 205 g/mol. The molecule has 0 radical (unpaired) electrons. The molecule has 0 amide bonds. The summed E-state index contributed by atoms with van der Waals surface area (Å²) in [6.45, 7) is 0.530. The van der Waals surface area contributed by atoms with Crippen molar-refractivity contribution in [3.05, 3.63) is 27.4 Å². The first kappa shape index (κ1) is 10.1. The Morgan fingerprint density at radius 2 is 2.27 bits per heavy atom. The Labute approximate surface area is 88.7 Å². The first-order valence-corrected chi connectivity index (χ1v) is 5.37. The van der Waals surface area contributed by atoms with E-state index in [1.54, 1.807) is 0 Å². The predicted molar refractivity (Wildman–Crippen MR) is 57.6 cm³/mol. The summed E-state index contributed by atoms with van der Waals surface area (Å²) >= 11 is 0. The number of azide groups is 1. The van der Waals surface area contributed by atoms with Crippen LogP contribution in [-0.2, 0) is 26.3 Å². The Morgan fingerprint density at radius 3 is 3.07 bits per heavy atom. The Bertz CT molecular complexity index is 400. The molecule has 1 aromatic rings. The van der Waals surface area contributed by atoms with Crippen molar-refractivity contribution >= 4 is 0 Å². The van der Waals surface area contributed by atoms with E-state index in [0.29, 0.717) is 6.54 Å². The fraction of sp³-hybridized carbons (Fsp3) is 0.700. The Balaban J connectivity index is 2.21. The molecule has 0 bridgehead atoms. The number of aromatic nitrogens is 2. The topological polar surface area (TPSA) is 66.6 Å². The van der Waals surface area contributed by atoms with Gasteiger partial charge in [-0.05, 0) is 43.2 Å². The second-order valence-electron chi connectivity index (χ2n) is 3.91. The smallest absolute Gasteiger partial charge is 0.0659 e. The molecule has 0 fully saturated rings. The maximum Gasteiger partial charge on any atom is 0.0659 e. The molecule has 0 spiro atoms. The van der Waals surface area contributed by atoms with Gasteiger partial charge in [-0.3, -0.25) is 4.68 Å². The molecule has 5 nitrogen and oxygen atoms in total. The number of fused-ring (bicyclic) bond motifs is 1. The van der Waals surface area contributed by atoms with Crippen molar-refractivity contribution in [3.63, 3.8) is 0 Å². The molecular weight excluding hydrogens is 190 g/mol. The Kier molecular flexibility index (Phi) is 2.92. The number of hydrogen-bond acceptors (Lipinski definition) is 2. The zero-order valence-corrected chi connectivity index (χ0v) is 8.98. The Hall–Kier alpha value is -1.48. The largest absolute Gasteiger partial charge is 0.272 e. The van der Waals surface area contributed by atoms with Gasteiger partial charge in [-0.25, -0.2) is 0 Å². The summed E-state index contributed by atoms with van der Waals surface area (Å²) < 4.78 is 1.95. The van der Waals surface area contributed by atoms with Crippen LogP contribution in [0.2, 0.25) is 0 Å². The van der Waals surface area contributed by atoms with Gasteiger partial charge in [0.15, 0.2) is 0 Å². The minimum atomic E-state index is 0.530. The normalized spacial score (nSPS) is 14.5. The van der Waals surface area contributed by atoms with E-state index in [2.05, 4.69) is 15.1 Å². The van der Waals surface area contributed by atoms with Gasteiger partial charge in [-0.15, -0.1) is 0 Å². The first-order valence-electron chi connectivity index (χ1n) is 5.37. The van der Waals surface area contributed by atoms with Gasteiger partial charge in [0.05, 0.1) is 5.69 Å². The van der Waals surface area contributed by atoms with Crippen LogP contribution in [0, 0.1) is 0 Å². The molecule has 2 rings (SSSR count). The van der Waals surface area contributed by atoms with Gasteiger partial charge in [-0.1, -0.05) is 5.11 Å². The molecule has 15 heavy (non-hydrogen) atoms. The maximum atomic E-state index is 8.24. The van der Waals surface area contributed by atoms with E-state index in [1.807, 2.05) is 11.7 Å².